The van der Waals surface area contributed by atoms with Gasteiger partial charge in [0.2, 0.25) is 0 Å². The normalized spacial score (nSPS) is 14.6. The molecular formula is C34H29F3N4O5S2. The number of ether oxygens (including phenoxy) is 3. The van der Waals surface area contributed by atoms with Crippen molar-refractivity contribution in [1.29, 1.82) is 5.26 Å². The Morgan fingerprint density at radius 3 is 2.48 bits per heavy atom. The number of nitriles is 1. The Labute approximate surface area is 281 Å². The number of carbonyl (C=O) groups excluding carboxylic acids is 1. The lowest BCUT2D eigenvalue weighted by Crippen LogP contribution is -2.39. The van der Waals surface area contributed by atoms with Gasteiger partial charge in [-0.1, -0.05) is 29.5 Å². The first-order valence-corrected chi connectivity index (χ1v) is 16.3. The highest BCUT2D eigenvalue weighted by molar-refractivity contribution is 7.98. The van der Waals surface area contributed by atoms with E-state index in [1.165, 1.54) is 18.6 Å². The average molecular weight is 695 g/mol. The highest BCUT2D eigenvalue weighted by atomic mass is 32.2. The number of alkyl halides is 3. The van der Waals surface area contributed by atoms with Crippen LogP contribution in [0.4, 0.5) is 13.2 Å². The molecule has 0 unspecified atom stereocenters. The Morgan fingerprint density at radius 2 is 1.85 bits per heavy atom. The number of nitrogens with zero attached hydrogens (tertiary/aromatic N) is 4. The number of pyridine rings is 1. The van der Waals surface area contributed by atoms with E-state index in [0.717, 1.165) is 29.2 Å². The molecule has 0 N–H and O–H groups in total. The number of hydrogen-bond acceptors (Lipinski definition) is 10. The van der Waals surface area contributed by atoms with Crippen LogP contribution in [0.5, 0.6) is 11.5 Å². The maximum atomic E-state index is 14.0. The first-order valence-electron chi connectivity index (χ1n) is 14.5. The fourth-order valence-corrected chi connectivity index (χ4v) is 7.30. The van der Waals surface area contributed by atoms with Crippen LogP contribution in [0.15, 0.2) is 74.6 Å². The molecule has 248 valence electrons. The van der Waals surface area contributed by atoms with Gasteiger partial charge in [-0.3, -0.25) is 9.36 Å². The maximum Gasteiger partial charge on any atom is 0.433 e. The van der Waals surface area contributed by atoms with E-state index in [2.05, 4.69) is 9.98 Å². The Morgan fingerprint density at radius 1 is 1.12 bits per heavy atom. The van der Waals surface area contributed by atoms with Crippen molar-refractivity contribution in [2.45, 2.75) is 43.8 Å². The van der Waals surface area contributed by atoms with Gasteiger partial charge in [0, 0.05) is 11.3 Å². The number of benzene rings is 2. The molecule has 0 saturated heterocycles. The summed E-state index contributed by atoms with van der Waals surface area (Å²) in [7, 11) is 3.01. The van der Waals surface area contributed by atoms with E-state index in [1.54, 1.807) is 69.5 Å². The van der Waals surface area contributed by atoms with Crippen LogP contribution in [0.2, 0.25) is 0 Å². The minimum atomic E-state index is -4.67. The van der Waals surface area contributed by atoms with Crippen molar-refractivity contribution < 1.29 is 32.2 Å². The molecular weight excluding hydrogens is 666 g/mol. The van der Waals surface area contributed by atoms with Gasteiger partial charge in [-0.25, -0.2) is 14.8 Å². The maximum absolute atomic E-state index is 14.0. The first kappa shape index (κ1) is 34.5. The van der Waals surface area contributed by atoms with Gasteiger partial charge in [0.15, 0.2) is 4.80 Å². The largest absolute Gasteiger partial charge is 0.497 e. The number of hydrogen-bond donors (Lipinski definition) is 0. The highest BCUT2D eigenvalue weighted by Gasteiger charge is 2.35. The number of methoxy groups -OCH3 is 2. The van der Waals surface area contributed by atoms with E-state index in [1.807, 2.05) is 6.07 Å². The van der Waals surface area contributed by atoms with Gasteiger partial charge in [-0.05, 0) is 73.9 Å². The van der Waals surface area contributed by atoms with Gasteiger partial charge in [0.05, 0.1) is 48.2 Å². The minimum Gasteiger partial charge on any atom is -0.497 e. The topological polar surface area (TPSA) is 116 Å². The molecule has 2 aromatic heterocycles. The number of carbonyl (C=O) groups is 1. The van der Waals surface area contributed by atoms with E-state index in [-0.39, 0.29) is 39.6 Å². The fourth-order valence-electron chi connectivity index (χ4n) is 5.22. The van der Waals surface area contributed by atoms with Crippen LogP contribution in [0.3, 0.4) is 0 Å². The van der Waals surface area contributed by atoms with Crippen LogP contribution in [-0.4, -0.2) is 36.3 Å². The molecule has 48 heavy (non-hydrogen) atoms. The van der Waals surface area contributed by atoms with E-state index in [0.29, 0.717) is 43.2 Å². The third-order valence-electron chi connectivity index (χ3n) is 7.50. The Kier molecular flexibility index (Phi) is 10.1. The molecule has 0 fully saturated rings. The molecule has 9 nitrogen and oxygen atoms in total. The summed E-state index contributed by atoms with van der Waals surface area (Å²) in [4.78, 5) is 35.9. The predicted octanol–water partition coefficient (Wildman–Crippen LogP) is 5.70. The minimum absolute atomic E-state index is 0.0445. The lowest BCUT2D eigenvalue weighted by Gasteiger charge is -2.24. The predicted molar refractivity (Wildman–Crippen MR) is 175 cm³/mol. The van der Waals surface area contributed by atoms with Crippen LogP contribution >= 0.6 is 23.1 Å². The number of allylic oxidation sites excluding steroid dienone is 1. The monoisotopic (exact) mass is 694 g/mol. The van der Waals surface area contributed by atoms with Crippen LogP contribution < -0.4 is 24.4 Å². The summed E-state index contributed by atoms with van der Waals surface area (Å²) >= 11 is 2.14. The average Bonchev–Trinajstić information content (AvgIpc) is 3.36. The number of halogens is 3. The Balaban J connectivity index is 1.57. The molecule has 0 spiro atoms. The van der Waals surface area contributed by atoms with Crippen molar-refractivity contribution in [2.75, 3.05) is 20.8 Å². The number of aromatic nitrogens is 2. The van der Waals surface area contributed by atoms with Crippen molar-refractivity contribution in [1.82, 2.24) is 9.55 Å². The summed E-state index contributed by atoms with van der Waals surface area (Å²) in [5.74, 6) is 0.642. The molecule has 0 saturated carbocycles. The zero-order chi connectivity index (χ0) is 34.7. The van der Waals surface area contributed by atoms with Crippen LogP contribution in [0, 0.1) is 18.3 Å². The molecule has 5 rings (SSSR count). The van der Waals surface area contributed by atoms with Gasteiger partial charge in [0.1, 0.15) is 28.3 Å². The second-order valence-corrected chi connectivity index (χ2v) is 12.5. The van der Waals surface area contributed by atoms with Crippen LogP contribution in [-0.2, 0) is 21.5 Å². The molecule has 0 radical (unpaired) electrons. The van der Waals surface area contributed by atoms with Gasteiger partial charge in [-0.2, -0.15) is 18.4 Å². The smallest absolute Gasteiger partial charge is 0.433 e. The molecule has 4 aromatic rings. The number of thiazole rings is 1. The number of rotatable bonds is 9. The number of esters is 1. The molecule has 14 heteroatoms. The summed E-state index contributed by atoms with van der Waals surface area (Å²) in [6, 6.07) is 14.3. The van der Waals surface area contributed by atoms with E-state index >= 15 is 0 Å². The second kappa shape index (κ2) is 14.1. The summed E-state index contributed by atoms with van der Waals surface area (Å²) in [6.45, 7) is 4.99. The molecule has 0 bridgehead atoms. The first-order chi connectivity index (χ1) is 22.9. The molecule has 1 atom stereocenters. The van der Waals surface area contributed by atoms with Gasteiger partial charge >= 0.3 is 12.1 Å². The molecule has 1 aliphatic heterocycles. The van der Waals surface area contributed by atoms with Crippen molar-refractivity contribution in [3.63, 3.8) is 0 Å². The zero-order valence-electron chi connectivity index (χ0n) is 26.5. The zero-order valence-corrected chi connectivity index (χ0v) is 28.1. The summed E-state index contributed by atoms with van der Waals surface area (Å²) in [5, 5.41) is 9.57. The van der Waals surface area contributed by atoms with Crippen molar-refractivity contribution >= 4 is 35.1 Å². The molecule has 0 aliphatic carbocycles. The van der Waals surface area contributed by atoms with Gasteiger partial charge < -0.3 is 14.2 Å². The summed E-state index contributed by atoms with van der Waals surface area (Å²) < 4.78 is 58.4. The third-order valence-corrected chi connectivity index (χ3v) is 9.51. The van der Waals surface area contributed by atoms with Gasteiger partial charge in [0.25, 0.3) is 5.56 Å². The summed E-state index contributed by atoms with van der Waals surface area (Å²) in [6.07, 6.45) is -2.99. The number of thioether (sulfide) groups is 1. The standard InChI is InChI=1S/C34H29F3N4O5S2/c1-6-46-32(43)28-19(3)39-33-41(29(28)21-8-10-23(44-4)11-9-21)31(42)26(48-33)15-20-7-12-25(45-5)22(14-20)17-47-30-24(16-38)18(2)13-27(40-30)34(35,36)37/h7-15,29H,6,17H2,1-5H3/b26-15-/t29-/m0/s1. The molecule has 1 aliphatic rings. The Bertz CT molecular complexity index is 2150. The van der Waals surface area contributed by atoms with Crippen LogP contribution in [0.25, 0.3) is 6.08 Å². The van der Waals surface area contributed by atoms with E-state index < -0.39 is 23.9 Å². The Hall–Kier alpha value is -4.87. The van der Waals surface area contributed by atoms with Gasteiger partial charge in [-0.15, -0.1) is 11.8 Å². The lowest BCUT2D eigenvalue weighted by molar-refractivity contribution is -0.141. The van der Waals surface area contributed by atoms with Crippen LogP contribution in [0.1, 0.15) is 53.4 Å². The number of fused-ring (bicyclic) bond motifs is 1. The fraction of sp³-hybridized carbons (Fsp3) is 0.265. The quantitative estimate of drug-likeness (QED) is 0.162. The third kappa shape index (κ3) is 6.88. The SMILES string of the molecule is CCOC(=O)C1=C(C)N=c2s/c(=C\c3ccc(OC)c(CSc4nc(C(F)(F)F)cc(C)c4C#N)c3)c(=O)n2[C@H]1c1ccc(OC)cc1. The lowest BCUT2D eigenvalue weighted by atomic mass is 9.96. The second-order valence-electron chi connectivity index (χ2n) is 10.5. The van der Waals surface area contributed by atoms with Crippen molar-refractivity contribution in [3.05, 3.63) is 113 Å². The van der Waals surface area contributed by atoms with E-state index in [9.17, 15) is 28.0 Å². The number of aryl methyl sites for hydroxylation is 1. The van der Waals surface area contributed by atoms with E-state index in [4.69, 9.17) is 14.2 Å². The highest BCUT2D eigenvalue weighted by Crippen LogP contribution is 2.35. The van der Waals surface area contributed by atoms with Crippen molar-refractivity contribution in [2.24, 2.45) is 4.99 Å². The molecule has 2 aromatic carbocycles. The summed E-state index contributed by atoms with van der Waals surface area (Å²) in [5.41, 5.74) is 1.37. The van der Waals surface area contributed by atoms with Crippen molar-refractivity contribution in [3.8, 4) is 17.6 Å². The molecule has 3 heterocycles. The molecule has 0 amide bonds.